The standard InChI is InChI=1S/C15H12Cl2FN3O3/c16-9-4-10(17)11(18)3-8(9)13-7-21(1-2-24-13)14-6-19-12(5-20-14)15(22)23/h3-6,13H,1-2,7H2,(H,22,23). The monoisotopic (exact) mass is 371 g/mol. The predicted molar refractivity (Wildman–Crippen MR) is 86.3 cm³/mol. The van der Waals surface area contributed by atoms with E-state index in [0.717, 1.165) is 0 Å². The second kappa shape index (κ2) is 6.88. The summed E-state index contributed by atoms with van der Waals surface area (Å²) < 4.78 is 19.4. The van der Waals surface area contributed by atoms with Gasteiger partial charge in [0.15, 0.2) is 5.69 Å². The van der Waals surface area contributed by atoms with Crippen molar-refractivity contribution < 1.29 is 19.0 Å². The first kappa shape index (κ1) is 16.9. The average molecular weight is 372 g/mol. The zero-order valence-corrected chi connectivity index (χ0v) is 13.8. The summed E-state index contributed by atoms with van der Waals surface area (Å²) >= 11 is 11.9. The highest BCUT2D eigenvalue weighted by Gasteiger charge is 2.26. The quantitative estimate of drug-likeness (QED) is 0.834. The summed E-state index contributed by atoms with van der Waals surface area (Å²) in [6.45, 7) is 1.31. The fourth-order valence-electron chi connectivity index (χ4n) is 2.43. The van der Waals surface area contributed by atoms with Crippen LogP contribution in [0.3, 0.4) is 0 Å². The Morgan fingerprint density at radius 3 is 2.75 bits per heavy atom. The fourth-order valence-corrected chi connectivity index (χ4v) is 2.93. The minimum atomic E-state index is -1.14. The third-order valence-corrected chi connectivity index (χ3v) is 4.25. The normalized spacial score (nSPS) is 17.8. The van der Waals surface area contributed by atoms with Gasteiger partial charge in [0.25, 0.3) is 0 Å². The van der Waals surface area contributed by atoms with Crippen molar-refractivity contribution >= 4 is 35.0 Å². The molecule has 1 atom stereocenters. The van der Waals surface area contributed by atoms with Gasteiger partial charge >= 0.3 is 5.97 Å². The van der Waals surface area contributed by atoms with Gasteiger partial charge in [0.2, 0.25) is 0 Å². The van der Waals surface area contributed by atoms with Crippen molar-refractivity contribution in [2.45, 2.75) is 6.10 Å². The molecule has 1 unspecified atom stereocenters. The van der Waals surface area contributed by atoms with E-state index in [-0.39, 0.29) is 10.7 Å². The Balaban J connectivity index is 1.82. The molecule has 1 aromatic carbocycles. The van der Waals surface area contributed by atoms with E-state index in [1.54, 1.807) is 0 Å². The molecule has 24 heavy (non-hydrogen) atoms. The molecule has 1 N–H and O–H groups in total. The molecule has 0 aliphatic carbocycles. The summed E-state index contributed by atoms with van der Waals surface area (Å²) in [6.07, 6.45) is 2.12. The van der Waals surface area contributed by atoms with Gasteiger partial charge in [-0.25, -0.2) is 19.2 Å². The van der Waals surface area contributed by atoms with Crippen LogP contribution in [-0.4, -0.2) is 40.7 Å². The number of aromatic nitrogens is 2. The SMILES string of the molecule is O=C(O)c1cnc(N2CCOC(c3cc(F)c(Cl)cc3Cl)C2)cn1. The van der Waals surface area contributed by atoms with Crippen LogP contribution in [0.15, 0.2) is 24.5 Å². The smallest absolute Gasteiger partial charge is 0.356 e. The number of anilines is 1. The van der Waals surface area contributed by atoms with Gasteiger partial charge in [0, 0.05) is 23.7 Å². The lowest BCUT2D eigenvalue weighted by molar-refractivity contribution is 0.0393. The lowest BCUT2D eigenvalue weighted by atomic mass is 10.1. The third-order valence-electron chi connectivity index (χ3n) is 3.63. The Kier molecular flexibility index (Phi) is 4.84. The summed E-state index contributed by atoms with van der Waals surface area (Å²) in [5.74, 6) is -1.20. The maximum Gasteiger partial charge on any atom is 0.356 e. The summed E-state index contributed by atoms with van der Waals surface area (Å²) in [5, 5.41) is 9.13. The van der Waals surface area contributed by atoms with Crippen molar-refractivity contribution in [1.82, 2.24) is 9.97 Å². The van der Waals surface area contributed by atoms with Crippen LogP contribution in [0.2, 0.25) is 10.0 Å². The average Bonchev–Trinajstić information content (AvgIpc) is 2.58. The van der Waals surface area contributed by atoms with Crippen molar-refractivity contribution in [3.05, 3.63) is 51.6 Å². The van der Waals surface area contributed by atoms with Crippen LogP contribution in [-0.2, 0) is 4.74 Å². The molecule has 3 rings (SSSR count). The molecule has 0 amide bonds. The summed E-state index contributed by atoms with van der Waals surface area (Å²) in [6, 6.07) is 2.61. The van der Waals surface area contributed by atoms with E-state index in [2.05, 4.69) is 9.97 Å². The summed E-state index contributed by atoms with van der Waals surface area (Å²) in [7, 11) is 0. The van der Waals surface area contributed by atoms with Crippen molar-refractivity contribution in [3.8, 4) is 0 Å². The topological polar surface area (TPSA) is 75.5 Å². The molecule has 2 aromatic rings. The van der Waals surface area contributed by atoms with E-state index in [9.17, 15) is 9.18 Å². The van der Waals surface area contributed by atoms with Crippen molar-refractivity contribution in [2.24, 2.45) is 0 Å². The number of carboxylic acids is 1. The van der Waals surface area contributed by atoms with Crippen LogP contribution in [0.5, 0.6) is 0 Å². The van der Waals surface area contributed by atoms with Gasteiger partial charge in [0.05, 0.1) is 24.0 Å². The van der Waals surface area contributed by atoms with Gasteiger partial charge in [-0.15, -0.1) is 0 Å². The van der Waals surface area contributed by atoms with Gasteiger partial charge in [-0.3, -0.25) is 0 Å². The number of hydrogen-bond acceptors (Lipinski definition) is 5. The number of benzene rings is 1. The highest BCUT2D eigenvalue weighted by Crippen LogP contribution is 2.33. The van der Waals surface area contributed by atoms with E-state index < -0.39 is 17.9 Å². The van der Waals surface area contributed by atoms with Crippen molar-refractivity contribution in [1.29, 1.82) is 0 Å². The van der Waals surface area contributed by atoms with Crippen molar-refractivity contribution in [3.63, 3.8) is 0 Å². The number of carbonyl (C=O) groups is 1. The molecule has 1 fully saturated rings. The molecule has 6 nitrogen and oxygen atoms in total. The van der Waals surface area contributed by atoms with Gasteiger partial charge in [-0.05, 0) is 12.1 Å². The Hall–Kier alpha value is -1.96. The fraction of sp³-hybridized carbons (Fsp3) is 0.267. The molecule has 126 valence electrons. The number of nitrogens with zero attached hydrogens (tertiary/aromatic N) is 3. The van der Waals surface area contributed by atoms with E-state index in [0.29, 0.717) is 36.1 Å². The first-order chi connectivity index (χ1) is 11.5. The summed E-state index contributed by atoms with van der Waals surface area (Å²) in [4.78, 5) is 20.6. The Bertz CT molecular complexity index is 773. The molecular formula is C15H12Cl2FN3O3. The molecule has 0 bridgehead atoms. The molecule has 0 saturated carbocycles. The molecule has 9 heteroatoms. The van der Waals surface area contributed by atoms with Crippen LogP contribution < -0.4 is 4.90 Å². The third kappa shape index (κ3) is 3.43. The van der Waals surface area contributed by atoms with Crippen molar-refractivity contribution in [2.75, 3.05) is 24.6 Å². The number of carboxylic acid groups (broad SMARTS) is 1. The lowest BCUT2D eigenvalue weighted by Gasteiger charge is -2.34. The Labute approximate surface area is 146 Å². The predicted octanol–water partition coefficient (Wildman–Crippen LogP) is 3.20. The zero-order valence-electron chi connectivity index (χ0n) is 12.2. The molecule has 0 radical (unpaired) electrons. The van der Waals surface area contributed by atoms with Gasteiger partial charge < -0.3 is 14.7 Å². The molecule has 1 aromatic heterocycles. The van der Waals surface area contributed by atoms with Crippen LogP contribution >= 0.6 is 23.2 Å². The number of ether oxygens (including phenoxy) is 1. The van der Waals surface area contributed by atoms with Crippen LogP contribution in [0, 0.1) is 5.82 Å². The molecule has 0 spiro atoms. The number of morpholine rings is 1. The summed E-state index contributed by atoms with van der Waals surface area (Å²) in [5.41, 5.74) is 0.366. The Morgan fingerprint density at radius 2 is 2.08 bits per heavy atom. The number of aromatic carboxylic acids is 1. The first-order valence-electron chi connectivity index (χ1n) is 7.02. The van der Waals surface area contributed by atoms with E-state index in [1.807, 2.05) is 4.90 Å². The van der Waals surface area contributed by atoms with Crippen LogP contribution in [0.4, 0.5) is 10.2 Å². The molecule has 2 heterocycles. The van der Waals surface area contributed by atoms with Gasteiger partial charge in [0.1, 0.15) is 17.7 Å². The molecular weight excluding hydrogens is 360 g/mol. The zero-order chi connectivity index (χ0) is 17.3. The maximum absolute atomic E-state index is 13.7. The second-order valence-corrected chi connectivity index (χ2v) is 5.97. The number of rotatable bonds is 3. The number of halogens is 3. The minimum Gasteiger partial charge on any atom is -0.476 e. The Morgan fingerprint density at radius 1 is 1.29 bits per heavy atom. The van der Waals surface area contributed by atoms with E-state index in [1.165, 1.54) is 24.5 Å². The maximum atomic E-state index is 13.7. The van der Waals surface area contributed by atoms with Gasteiger partial charge in [-0.2, -0.15) is 0 Å². The second-order valence-electron chi connectivity index (χ2n) is 5.16. The first-order valence-corrected chi connectivity index (χ1v) is 7.77. The minimum absolute atomic E-state index is 0.0495. The molecule has 1 saturated heterocycles. The lowest BCUT2D eigenvalue weighted by Crippen LogP contribution is -2.39. The van der Waals surface area contributed by atoms with Crippen LogP contribution in [0.25, 0.3) is 0 Å². The molecule has 1 aliphatic rings. The van der Waals surface area contributed by atoms with Crippen LogP contribution in [0.1, 0.15) is 22.2 Å². The number of hydrogen-bond donors (Lipinski definition) is 1. The highest BCUT2D eigenvalue weighted by molar-refractivity contribution is 6.35. The molecule has 1 aliphatic heterocycles. The largest absolute Gasteiger partial charge is 0.476 e. The van der Waals surface area contributed by atoms with E-state index >= 15 is 0 Å². The highest BCUT2D eigenvalue weighted by atomic mass is 35.5. The van der Waals surface area contributed by atoms with Gasteiger partial charge in [-0.1, -0.05) is 23.2 Å². The van der Waals surface area contributed by atoms with E-state index in [4.69, 9.17) is 33.0 Å².